The highest BCUT2D eigenvalue weighted by atomic mass is 16.5. The van der Waals surface area contributed by atoms with Crippen molar-refractivity contribution in [3.63, 3.8) is 0 Å². The number of carbonyl (C=O) groups excluding carboxylic acids is 4. The minimum Gasteiger partial charge on any atom is -0.480 e. The quantitative estimate of drug-likeness (QED) is 0.231. The summed E-state index contributed by atoms with van der Waals surface area (Å²) >= 11 is 0. The van der Waals surface area contributed by atoms with Gasteiger partial charge in [-0.05, 0) is 57.0 Å². The molecule has 2 saturated heterocycles. The Balaban J connectivity index is 1.71. The number of ether oxygens (including phenoxy) is 1. The van der Waals surface area contributed by atoms with Crippen LogP contribution >= 0.6 is 0 Å². The Hall–Kier alpha value is -2.89. The van der Waals surface area contributed by atoms with Gasteiger partial charge in [0.1, 0.15) is 6.04 Å². The lowest BCUT2D eigenvalue weighted by molar-refractivity contribution is -0.142. The van der Waals surface area contributed by atoms with Crippen molar-refractivity contribution in [3.8, 4) is 0 Å². The van der Waals surface area contributed by atoms with E-state index in [-0.39, 0.29) is 43.8 Å². The van der Waals surface area contributed by atoms with Crippen LogP contribution in [0.15, 0.2) is 0 Å². The van der Waals surface area contributed by atoms with Gasteiger partial charge in [0.25, 0.3) is 0 Å². The van der Waals surface area contributed by atoms with E-state index < -0.39 is 29.9 Å². The Labute approximate surface area is 218 Å². The molecule has 12 heteroatoms. The van der Waals surface area contributed by atoms with Gasteiger partial charge in [0.2, 0.25) is 17.7 Å². The van der Waals surface area contributed by atoms with Crippen molar-refractivity contribution < 1.29 is 33.8 Å². The highest BCUT2D eigenvalue weighted by molar-refractivity contribution is 5.85. The molecule has 0 aromatic carbocycles. The zero-order valence-corrected chi connectivity index (χ0v) is 22.1. The fourth-order valence-electron chi connectivity index (χ4n) is 4.46. The van der Waals surface area contributed by atoms with Crippen molar-refractivity contribution in [2.45, 2.75) is 64.8 Å². The van der Waals surface area contributed by atoms with E-state index in [4.69, 9.17) is 4.74 Å². The van der Waals surface area contributed by atoms with Crippen LogP contribution in [0, 0.1) is 17.8 Å². The molecule has 0 radical (unpaired) electrons. The number of carbonyl (C=O) groups is 5. The molecule has 2 atom stereocenters. The molecule has 2 fully saturated rings. The molecule has 0 saturated carbocycles. The second-order valence-electron chi connectivity index (χ2n) is 10.3. The molecule has 2 rings (SSSR count). The minimum atomic E-state index is -1.31. The predicted octanol–water partition coefficient (Wildman–Crippen LogP) is 0.463. The average molecular weight is 526 g/mol. The van der Waals surface area contributed by atoms with Gasteiger partial charge in [0.05, 0.1) is 12.5 Å². The zero-order chi connectivity index (χ0) is 27.2. The standard InChI is InChI=1S/C25H43N5O7/c1-17(2)16-37-25(36)27-12-9-21(31)29-20(24(34)35)14-28-23(33)19-4-3-13-30(15-19)22(32)6-5-18-7-10-26-11-8-18/h17-20,26H,3-16H2,1-2H3,(H,27,36)(H,28,33)(H,29,31)(H,34,35)/t19-,20+/m1/s1. The molecule has 0 unspecified atom stereocenters. The molecule has 210 valence electrons. The van der Waals surface area contributed by atoms with Crippen molar-refractivity contribution >= 4 is 29.8 Å². The lowest BCUT2D eigenvalue weighted by Gasteiger charge is -2.33. The van der Waals surface area contributed by atoms with Crippen LogP contribution in [-0.2, 0) is 23.9 Å². The molecule has 12 nitrogen and oxygen atoms in total. The Morgan fingerprint density at radius 2 is 1.78 bits per heavy atom. The van der Waals surface area contributed by atoms with Crippen molar-refractivity contribution in [2.75, 3.05) is 45.9 Å². The van der Waals surface area contributed by atoms with Gasteiger partial charge in [-0.15, -0.1) is 0 Å². The summed E-state index contributed by atoms with van der Waals surface area (Å²) in [5, 5.41) is 20.2. The molecule has 0 bridgehead atoms. The zero-order valence-electron chi connectivity index (χ0n) is 22.1. The highest BCUT2D eigenvalue weighted by Crippen LogP contribution is 2.21. The van der Waals surface area contributed by atoms with Crippen LogP contribution in [0.1, 0.15) is 58.8 Å². The fraction of sp³-hybridized carbons (Fsp3) is 0.800. The maximum absolute atomic E-state index is 12.7. The molecule has 0 spiro atoms. The molecule has 0 aromatic heterocycles. The number of nitrogens with zero attached hydrogens (tertiary/aromatic N) is 1. The third-order valence-electron chi connectivity index (χ3n) is 6.65. The lowest BCUT2D eigenvalue weighted by atomic mass is 9.92. The summed E-state index contributed by atoms with van der Waals surface area (Å²) in [5.74, 6) is -1.79. The SMILES string of the molecule is CC(C)COC(=O)NCCC(=O)N[C@@H](CNC(=O)[C@@H]1CCCN(C(=O)CCC2CCNCC2)C1)C(=O)O. The summed E-state index contributed by atoms with van der Waals surface area (Å²) < 4.78 is 4.94. The summed E-state index contributed by atoms with van der Waals surface area (Å²) in [6.07, 6.45) is 4.07. The Morgan fingerprint density at radius 3 is 2.46 bits per heavy atom. The van der Waals surface area contributed by atoms with E-state index in [9.17, 15) is 29.1 Å². The molecule has 0 aromatic rings. The number of carboxylic acid groups (broad SMARTS) is 1. The number of carboxylic acids is 1. The van der Waals surface area contributed by atoms with Crippen LogP contribution in [-0.4, -0.2) is 91.7 Å². The number of rotatable bonds is 13. The van der Waals surface area contributed by atoms with Crippen LogP contribution in [0.25, 0.3) is 0 Å². The number of nitrogens with one attached hydrogen (secondary N) is 4. The number of likely N-dealkylation sites (tertiary alicyclic amines) is 1. The summed E-state index contributed by atoms with van der Waals surface area (Å²) in [6.45, 7) is 6.69. The maximum Gasteiger partial charge on any atom is 0.407 e. The van der Waals surface area contributed by atoms with Gasteiger partial charge >= 0.3 is 12.1 Å². The highest BCUT2D eigenvalue weighted by Gasteiger charge is 2.30. The molecule has 5 N–H and O–H groups in total. The van der Waals surface area contributed by atoms with Crippen LogP contribution in [0.3, 0.4) is 0 Å². The predicted molar refractivity (Wildman–Crippen MR) is 136 cm³/mol. The third-order valence-corrected chi connectivity index (χ3v) is 6.65. The second-order valence-corrected chi connectivity index (χ2v) is 10.3. The van der Waals surface area contributed by atoms with Gasteiger partial charge in [0.15, 0.2) is 0 Å². The average Bonchev–Trinajstić information content (AvgIpc) is 2.88. The van der Waals surface area contributed by atoms with Crippen molar-refractivity contribution in [1.29, 1.82) is 0 Å². The minimum absolute atomic E-state index is 0.00890. The molecular weight excluding hydrogens is 482 g/mol. The molecule has 37 heavy (non-hydrogen) atoms. The molecule has 2 aliphatic rings. The van der Waals surface area contributed by atoms with E-state index in [1.54, 1.807) is 4.90 Å². The topological polar surface area (TPSA) is 166 Å². The number of aliphatic carboxylic acids is 1. The van der Waals surface area contributed by atoms with Gasteiger partial charge in [-0.25, -0.2) is 9.59 Å². The van der Waals surface area contributed by atoms with Crippen LogP contribution in [0.2, 0.25) is 0 Å². The first kappa shape index (κ1) is 30.3. The van der Waals surface area contributed by atoms with Crippen LogP contribution in [0.5, 0.6) is 0 Å². The number of hydrogen-bond acceptors (Lipinski definition) is 7. The van der Waals surface area contributed by atoms with Gasteiger partial charge in [-0.3, -0.25) is 14.4 Å². The summed E-state index contributed by atoms with van der Waals surface area (Å²) in [4.78, 5) is 62.4. The van der Waals surface area contributed by atoms with Crippen molar-refractivity contribution in [3.05, 3.63) is 0 Å². The number of amides is 4. The molecule has 0 aliphatic carbocycles. The molecular formula is C25H43N5O7. The smallest absolute Gasteiger partial charge is 0.407 e. The van der Waals surface area contributed by atoms with Gasteiger partial charge in [-0.2, -0.15) is 0 Å². The van der Waals surface area contributed by atoms with Crippen molar-refractivity contribution in [1.82, 2.24) is 26.2 Å². The summed E-state index contributed by atoms with van der Waals surface area (Å²) in [5.41, 5.74) is 0. The first-order chi connectivity index (χ1) is 17.7. The second kappa shape index (κ2) is 16.1. The third kappa shape index (κ3) is 11.8. The van der Waals surface area contributed by atoms with Crippen molar-refractivity contribution in [2.24, 2.45) is 17.8 Å². The normalized spacial score (nSPS) is 19.1. The van der Waals surface area contributed by atoms with Crippen LogP contribution < -0.4 is 21.3 Å². The summed E-state index contributed by atoms with van der Waals surface area (Å²) in [7, 11) is 0. The largest absolute Gasteiger partial charge is 0.480 e. The Morgan fingerprint density at radius 1 is 1.05 bits per heavy atom. The van der Waals surface area contributed by atoms with E-state index in [2.05, 4.69) is 21.3 Å². The summed E-state index contributed by atoms with van der Waals surface area (Å²) in [6, 6.07) is -1.31. The molecule has 2 aliphatic heterocycles. The monoisotopic (exact) mass is 525 g/mol. The molecule has 4 amide bonds. The Bertz CT molecular complexity index is 785. The first-order valence-electron chi connectivity index (χ1n) is 13.3. The van der Waals surface area contributed by atoms with E-state index in [0.717, 1.165) is 32.4 Å². The molecule has 2 heterocycles. The van der Waals surface area contributed by atoms with E-state index in [0.29, 0.717) is 38.3 Å². The number of alkyl carbamates (subject to hydrolysis) is 1. The van der Waals surface area contributed by atoms with Crippen LogP contribution in [0.4, 0.5) is 4.79 Å². The maximum atomic E-state index is 12.7. The first-order valence-corrected chi connectivity index (χ1v) is 13.3. The lowest BCUT2D eigenvalue weighted by Crippen LogP contribution is -2.51. The fourth-order valence-corrected chi connectivity index (χ4v) is 4.46. The van der Waals surface area contributed by atoms with Gasteiger partial charge in [-0.1, -0.05) is 13.8 Å². The van der Waals surface area contributed by atoms with E-state index in [1.807, 2.05) is 13.8 Å². The number of piperidine rings is 2. The van der Waals surface area contributed by atoms with E-state index >= 15 is 0 Å². The number of hydrogen-bond donors (Lipinski definition) is 5. The van der Waals surface area contributed by atoms with Gasteiger partial charge in [0, 0.05) is 39.0 Å². The Kier molecular flexibility index (Phi) is 13.2. The van der Waals surface area contributed by atoms with E-state index in [1.165, 1.54) is 0 Å². The van der Waals surface area contributed by atoms with Gasteiger partial charge < -0.3 is 36.0 Å².